The van der Waals surface area contributed by atoms with Crippen LogP contribution in [0.1, 0.15) is 19.8 Å². The lowest BCUT2D eigenvalue weighted by Gasteiger charge is -2.33. The van der Waals surface area contributed by atoms with Gasteiger partial charge in [-0.3, -0.25) is 4.99 Å². The van der Waals surface area contributed by atoms with Crippen LogP contribution in [0.5, 0.6) is 11.5 Å². The summed E-state index contributed by atoms with van der Waals surface area (Å²) in [5, 5.41) is 6.90. The zero-order valence-electron chi connectivity index (χ0n) is 17.5. The van der Waals surface area contributed by atoms with Gasteiger partial charge in [0, 0.05) is 32.4 Å². The van der Waals surface area contributed by atoms with Crippen LogP contribution >= 0.6 is 0 Å². The molecule has 1 aliphatic rings. The van der Waals surface area contributed by atoms with Crippen LogP contribution in [0.3, 0.4) is 0 Å². The van der Waals surface area contributed by atoms with Gasteiger partial charge in [0.2, 0.25) is 0 Å². The maximum atomic E-state index is 5.95. The van der Waals surface area contributed by atoms with Crippen LogP contribution in [0.2, 0.25) is 0 Å². The summed E-state index contributed by atoms with van der Waals surface area (Å²) in [6.07, 6.45) is 3.96. The molecule has 0 amide bonds. The van der Waals surface area contributed by atoms with E-state index in [2.05, 4.69) is 31.6 Å². The average molecular weight is 398 g/mol. The number of hydrogen-bond donors (Lipinski definition) is 2. The molecule has 1 saturated heterocycles. The summed E-state index contributed by atoms with van der Waals surface area (Å²) in [4.78, 5) is 11.1. The van der Waals surface area contributed by atoms with E-state index >= 15 is 0 Å². The van der Waals surface area contributed by atoms with Crippen molar-refractivity contribution in [2.75, 3.05) is 38.7 Å². The molecule has 1 unspecified atom stereocenters. The second-order valence-corrected chi connectivity index (χ2v) is 7.15. The minimum atomic E-state index is 0.00736. The van der Waals surface area contributed by atoms with Gasteiger partial charge in [-0.15, -0.1) is 0 Å². The molecule has 1 aromatic heterocycles. The third kappa shape index (κ3) is 6.27. The molecule has 0 aliphatic carbocycles. The average Bonchev–Trinajstić information content (AvgIpc) is 2.78. The van der Waals surface area contributed by atoms with Crippen molar-refractivity contribution < 1.29 is 9.47 Å². The smallest absolute Gasteiger partial charge is 0.191 e. The van der Waals surface area contributed by atoms with Gasteiger partial charge in [-0.2, -0.15) is 0 Å². The number of pyridine rings is 1. The molecule has 0 radical (unpaired) electrons. The summed E-state index contributed by atoms with van der Waals surface area (Å²) in [6, 6.07) is 14.1. The number of nitrogens with zero attached hydrogens (tertiary/aromatic N) is 3. The second-order valence-electron chi connectivity index (χ2n) is 7.15. The summed E-state index contributed by atoms with van der Waals surface area (Å²) in [6.45, 7) is 4.68. The van der Waals surface area contributed by atoms with Crippen LogP contribution in [-0.4, -0.2) is 56.9 Å². The molecule has 1 aliphatic heterocycles. The fourth-order valence-corrected chi connectivity index (χ4v) is 3.35. The molecular weight excluding hydrogens is 366 g/mol. The topological polar surface area (TPSA) is 71.0 Å². The number of rotatable bonds is 7. The number of piperidine rings is 1. The number of guanidine groups is 1. The molecule has 1 fully saturated rings. The van der Waals surface area contributed by atoms with Crippen LogP contribution in [0.25, 0.3) is 0 Å². The van der Waals surface area contributed by atoms with Crippen molar-refractivity contribution in [3.8, 4) is 11.5 Å². The third-order valence-corrected chi connectivity index (χ3v) is 4.99. The zero-order chi connectivity index (χ0) is 20.5. The Kier molecular flexibility index (Phi) is 7.55. The Morgan fingerprint density at radius 1 is 1.17 bits per heavy atom. The lowest BCUT2D eigenvalue weighted by Crippen LogP contribution is -2.50. The van der Waals surface area contributed by atoms with Crippen molar-refractivity contribution in [1.29, 1.82) is 0 Å². The quantitative estimate of drug-likeness (QED) is 0.553. The van der Waals surface area contributed by atoms with E-state index in [4.69, 9.17) is 9.47 Å². The van der Waals surface area contributed by atoms with E-state index in [1.807, 2.05) is 49.5 Å². The van der Waals surface area contributed by atoms with Crippen molar-refractivity contribution in [3.63, 3.8) is 0 Å². The van der Waals surface area contributed by atoms with Crippen molar-refractivity contribution in [1.82, 2.24) is 15.6 Å². The van der Waals surface area contributed by atoms with E-state index in [0.29, 0.717) is 12.6 Å². The Labute approximate surface area is 173 Å². The maximum absolute atomic E-state index is 5.95. The van der Waals surface area contributed by atoms with Crippen molar-refractivity contribution in [2.24, 2.45) is 4.99 Å². The molecule has 7 nitrogen and oxygen atoms in total. The molecule has 156 valence electrons. The van der Waals surface area contributed by atoms with Gasteiger partial charge in [0.1, 0.15) is 23.4 Å². The zero-order valence-corrected chi connectivity index (χ0v) is 17.5. The molecule has 0 bridgehead atoms. The summed E-state index contributed by atoms with van der Waals surface area (Å²) < 4.78 is 11.1. The number of aromatic nitrogens is 1. The molecule has 2 heterocycles. The van der Waals surface area contributed by atoms with E-state index < -0.39 is 0 Å². The monoisotopic (exact) mass is 397 g/mol. The number of benzene rings is 1. The molecule has 3 rings (SSSR count). The first-order chi connectivity index (χ1) is 14.2. The lowest BCUT2D eigenvalue weighted by atomic mass is 10.1. The van der Waals surface area contributed by atoms with E-state index in [0.717, 1.165) is 49.2 Å². The first-order valence-corrected chi connectivity index (χ1v) is 10.1. The number of nitrogens with one attached hydrogen (secondary N) is 2. The lowest BCUT2D eigenvalue weighted by molar-refractivity contribution is 0.223. The van der Waals surface area contributed by atoms with E-state index in [-0.39, 0.29) is 6.10 Å². The van der Waals surface area contributed by atoms with Crippen LogP contribution in [-0.2, 0) is 0 Å². The van der Waals surface area contributed by atoms with Gasteiger partial charge in [-0.1, -0.05) is 6.07 Å². The first kappa shape index (κ1) is 20.8. The highest BCUT2D eigenvalue weighted by molar-refractivity contribution is 5.80. The van der Waals surface area contributed by atoms with E-state index in [1.54, 1.807) is 14.2 Å². The van der Waals surface area contributed by atoms with Crippen LogP contribution < -0.4 is 25.0 Å². The number of aliphatic imine (C=N–C) groups is 1. The van der Waals surface area contributed by atoms with Crippen LogP contribution in [0.15, 0.2) is 53.7 Å². The normalized spacial score (nSPS) is 16.2. The third-order valence-electron chi connectivity index (χ3n) is 4.99. The summed E-state index contributed by atoms with van der Waals surface area (Å²) in [5.74, 6) is 3.51. The standard InChI is InChI=1S/C22H31N5O2/c1-17(29-20-9-7-19(28-3)8-10-20)16-25-22(23-2)26-18-11-14-27(15-12-18)21-6-4-5-13-24-21/h4-10,13,17-18H,11-12,14-16H2,1-3H3,(H2,23,25,26). The van der Waals surface area contributed by atoms with Crippen LogP contribution in [0, 0.1) is 0 Å². The number of ether oxygens (including phenoxy) is 2. The molecular formula is C22H31N5O2. The Bertz CT molecular complexity index is 759. The number of methoxy groups -OCH3 is 1. The SMILES string of the molecule is CN=C(NCC(C)Oc1ccc(OC)cc1)NC1CCN(c2ccccn2)CC1. The Balaban J connectivity index is 1.40. The molecule has 7 heteroatoms. The fraction of sp³-hybridized carbons (Fsp3) is 0.455. The Morgan fingerprint density at radius 3 is 2.52 bits per heavy atom. The predicted molar refractivity (Wildman–Crippen MR) is 117 cm³/mol. The summed E-state index contributed by atoms with van der Waals surface area (Å²) >= 11 is 0. The number of hydrogen-bond acceptors (Lipinski definition) is 5. The van der Waals surface area contributed by atoms with Gasteiger partial charge in [-0.05, 0) is 56.2 Å². The van der Waals surface area contributed by atoms with Crippen molar-refractivity contribution >= 4 is 11.8 Å². The molecule has 2 aromatic rings. The molecule has 0 saturated carbocycles. The van der Waals surface area contributed by atoms with Gasteiger partial charge in [0.25, 0.3) is 0 Å². The first-order valence-electron chi connectivity index (χ1n) is 10.1. The Morgan fingerprint density at radius 2 is 1.90 bits per heavy atom. The molecule has 29 heavy (non-hydrogen) atoms. The largest absolute Gasteiger partial charge is 0.497 e. The van der Waals surface area contributed by atoms with Gasteiger partial charge in [0.05, 0.1) is 13.7 Å². The van der Waals surface area contributed by atoms with Gasteiger partial charge in [0.15, 0.2) is 5.96 Å². The van der Waals surface area contributed by atoms with Crippen LogP contribution in [0.4, 0.5) is 5.82 Å². The Hall–Kier alpha value is -2.96. The highest BCUT2D eigenvalue weighted by atomic mass is 16.5. The highest BCUT2D eigenvalue weighted by Crippen LogP contribution is 2.18. The molecule has 1 atom stereocenters. The van der Waals surface area contributed by atoms with E-state index in [9.17, 15) is 0 Å². The summed E-state index contributed by atoms with van der Waals surface area (Å²) in [5.41, 5.74) is 0. The minimum Gasteiger partial charge on any atom is -0.497 e. The molecule has 2 N–H and O–H groups in total. The number of anilines is 1. The minimum absolute atomic E-state index is 0.00736. The van der Waals surface area contributed by atoms with E-state index in [1.165, 1.54) is 0 Å². The molecule has 0 spiro atoms. The predicted octanol–water partition coefficient (Wildman–Crippen LogP) is 2.69. The summed E-state index contributed by atoms with van der Waals surface area (Å²) in [7, 11) is 3.46. The van der Waals surface area contributed by atoms with Gasteiger partial charge in [-0.25, -0.2) is 4.98 Å². The fourth-order valence-electron chi connectivity index (χ4n) is 3.35. The molecule has 1 aromatic carbocycles. The highest BCUT2D eigenvalue weighted by Gasteiger charge is 2.20. The van der Waals surface area contributed by atoms with Gasteiger partial charge < -0.3 is 25.0 Å². The maximum Gasteiger partial charge on any atom is 0.191 e. The van der Waals surface area contributed by atoms with Crippen molar-refractivity contribution in [2.45, 2.75) is 31.9 Å². The van der Waals surface area contributed by atoms with Crippen molar-refractivity contribution in [3.05, 3.63) is 48.7 Å². The van der Waals surface area contributed by atoms with Gasteiger partial charge >= 0.3 is 0 Å². The second kappa shape index (κ2) is 10.5.